The maximum atomic E-state index is 13.0. The molecular weight excluding hydrogens is 346 g/mol. The fourth-order valence-electron chi connectivity index (χ4n) is 4.66. The minimum absolute atomic E-state index is 0.190. The van der Waals surface area contributed by atoms with Crippen LogP contribution in [0.5, 0.6) is 0 Å². The van der Waals surface area contributed by atoms with Gasteiger partial charge in [0.25, 0.3) is 0 Å². The first-order valence-corrected chi connectivity index (χ1v) is 9.39. The van der Waals surface area contributed by atoms with E-state index in [1.165, 1.54) is 12.0 Å². The molecule has 1 aromatic rings. The Bertz CT molecular complexity index is 761. The molecule has 0 bridgehead atoms. The van der Waals surface area contributed by atoms with Gasteiger partial charge in [-0.25, -0.2) is 4.79 Å². The van der Waals surface area contributed by atoms with Crippen LogP contribution < -0.4 is 10.2 Å². The Hall–Kier alpha value is -2.41. The first-order chi connectivity index (χ1) is 12.8. The quantitative estimate of drug-likeness (QED) is 0.593. The number of amides is 2. The molecule has 2 amide bonds. The molecule has 0 aliphatic carbocycles. The Morgan fingerprint density at radius 3 is 2.30 bits per heavy atom. The van der Waals surface area contributed by atoms with Gasteiger partial charge in [0.1, 0.15) is 17.9 Å². The first-order valence-electron chi connectivity index (χ1n) is 9.39. The average molecular weight is 374 g/mol. The van der Waals surface area contributed by atoms with Gasteiger partial charge in [0.05, 0.1) is 7.11 Å². The van der Waals surface area contributed by atoms with Crippen molar-refractivity contribution in [3.8, 4) is 0 Å². The lowest BCUT2D eigenvalue weighted by Crippen LogP contribution is -2.98. The number of quaternary nitrogens is 1. The molecule has 0 spiro atoms. The minimum Gasteiger partial charge on any atom is -0.464 e. The number of imide groups is 1. The highest BCUT2D eigenvalue weighted by atomic mass is 16.5. The van der Waals surface area contributed by atoms with E-state index in [1.807, 2.05) is 55.5 Å². The van der Waals surface area contributed by atoms with Crippen LogP contribution in [0.15, 0.2) is 24.3 Å². The number of nitrogens with two attached hydrogens (primary N) is 1. The van der Waals surface area contributed by atoms with Gasteiger partial charge >= 0.3 is 5.97 Å². The van der Waals surface area contributed by atoms with Crippen molar-refractivity contribution < 1.29 is 24.4 Å². The van der Waals surface area contributed by atoms with E-state index in [0.717, 1.165) is 11.3 Å². The predicted octanol–water partition coefficient (Wildman–Crippen LogP) is 0.314. The van der Waals surface area contributed by atoms with E-state index in [-0.39, 0.29) is 17.9 Å². The average Bonchev–Trinajstić information content (AvgIpc) is 3.15. The molecule has 7 nitrogen and oxygen atoms in total. The highest BCUT2D eigenvalue weighted by Crippen LogP contribution is 2.45. The highest BCUT2D eigenvalue weighted by molar-refractivity contribution is 6.08. The number of hydrogen-bond donors (Lipinski definition) is 1. The van der Waals surface area contributed by atoms with Gasteiger partial charge in [0, 0.05) is 38.3 Å². The lowest BCUT2D eigenvalue weighted by molar-refractivity contribution is -0.734. The summed E-state index contributed by atoms with van der Waals surface area (Å²) in [5.74, 6) is -2.14. The number of esters is 1. The Kier molecular flexibility index (Phi) is 4.99. The number of anilines is 1. The van der Waals surface area contributed by atoms with Gasteiger partial charge in [0.2, 0.25) is 17.4 Å². The molecule has 2 fully saturated rings. The van der Waals surface area contributed by atoms with Gasteiger partial charge in [-0.15, -0.1) is 0 Å². The van der Waals surface area contributed by atoms with E-state index in [4.69, 9.17) is 4.74 Å². The third kappa shape index (κ3) is 2.72. The first kappa shape index (κ1) is 19.4. The molecule has 1 aromatic carbocycles. The van der Waals surface area contributed by atoms with Crippen LogP contribution in [0, 0.1) is 11.8 Å². The molecule has 4 atom stereocenters. The summed E-state index contributed by atoms with van der Waals surface area (Å²) in [7, 11) is 5.26. The summed E-state index contributed by atoms with van der Waals surface area (Å²) in [6, 6.07) is 7.63. The van der Waals surface area contributed by atoms with Gasteiger partial charge in [-0.2, -0.15) is 0 Å². The van der Waals surface area contributed by atoms with E-state index in [2.05, 4.69) is 0 Å². The van der Waals surface area contributed by atoms with Crippen LogP contribution in [0.2, 0.25) is 0 Å². The highest BCUT2D eigenvalue weighted by Gasteiger charge is 2.71. The SMILES string of the molecule is CCN1C(=O)[C@@H]2[C@H](c3ccc(N(C)C)cc3)[NH2+][C@@](CC)(C(=O)OC)[C@H]2C1=O. The molecule has 7 heteroatoms. The number of methoxy groups -OCH3 is 1. The summed E-state index contributed by atoms with van der Waals surface area (Å²) in [6.07, 6.45) is 0.420. The number of benzene rings is 1. The van der Waals surface area contributed by atoms with Crippen LogP contribution in [-0.2, 0) is 19.1 Å². The van der Waals surface area contributed by atoms with E-state index < -0.39 is 23.3 Å². The number of ether oxygens (including phenoxy) is 1. The Balaban J connectivity index is 2.09. The summed E-state index contributed by atoms with van der Waals surface area (Å²) < 4.78 is 5.06. The molecule has 2 N–H and O–H groups in total. The lowest BCUT2D eigenvalue weighted by Gasteiger charge is -2.28. The molecular formula is C20H28N3O4+. The topological polar surface area (TPSA) is 83.5 Å². The monoisotopic (exact) mass is 374 g/mol. The summed E-state index contributed by atoms with van der Waals surface area (Å²) in [4.78, 5) is 42.1. The number of likely N-dealkylation sites (tertiary alicyclic amines) is 1. The molecule has 2 aliphatic heterocycles. The summed E-state index contributed by atoms with van der Waals surface area (Å²) >= 11 is 0. The summed E-state index contributed by atoms with van der Waals surface area (Å²) in [5.41, 5.74) is 0.919. The van der Waals surface area contributed by atoms with Crippen LogP contribution in [-0.4, -0.2) is 56.0 Å². The van der Waals surface area contributed by atoms with Crippen molar-refractivity contribution in [1.82, 2.24) is 4.90 Å². The van der Waals surface area contributed by atoms with E-state index in [0.29, 0.717) is 13.0 Å². The van der Waals surface area contributed by atoms with Crippen LogP contribution in [0.3, 0.4) is 0 Å². The number of rotatable bonds is 5. The van der Waals surface area contributed by atoms with E-state index >= 15 is 0 Å². The normalized spacial score (nSPS) is 29.8. The van der Waals surface area contributed by atoms with Crippen LogP contribution >= 0.6 is 0 Å². The fraction of sp³-hybridized carbons (Fsp3) is 0.550. The second-order valence-corrected chi connectivity index (χ2v) is 7.49. The molecule has 27 heavy (non-hydrogen) atoms. The molecule has 3 rings (SSSR count). The second-order valence-electron chi connectivity index (χ2n) is 7.49. The summed E-state index contributed by atoms with van der Waals surface area (Å²) in [6.45, 7) is 3.97. The fourth-order valence-corrected chi connectivity index (χ4v) is 4.66. The third-order valence-electron chi connectivity index (χ3n) is 6.12. The Morgan fingerprint density at radius 2 is 1.81 bits per heavy atom. The van der Waals surface area contributed by atoms with Gasteiger partial charge < -0.3 is 15.0 Å². The summed E-state index contributed by atoms with van der Waals surface area (Å²) in [5, 5.41) is 1.89. The molecule has 2 aliphatic rings. The van der Waals surface area contributed by atoms with Crippen LogP contribution in [0.4, 0.5) is 5.69 Å². The maximum absolute atomic E-state index is 13.0. The van der Waals surface area contributed by atoms with Crippen molar-refractivity contribution in [2.75, 3.05) is 32.6 Å². The number of hydrogen-bond acceptors (Lipinski definition) is 5. The van der Waals surface area contributed by atoms with Crippen molar-refractivity contribution in [1.29, 1.82) is 0 Å². The van der Waals surface area contributed by atoms with Crippen LogP contribution in [0.1, 0.15) is 31.9 Å². The van der Waals surface area contributed by atoms with Crippen molar-refractivity contribution in [3.05, 3.63) is 29.8 Å². The van der Waals surface area contributed by atoms with E-state index in [1.54, 1.807) is 6.92 Å². The molecule has 0 unspecified atom stereocenters. The minimum atomic E-state index is -1.07. The van der Waals surface area contributed by atoms with Gasteiger partial charge in [-0.3, -0.25) is 14.5 Å². The molecule has 2 saturated heterocycles. The molecule has 0 radical (unpaired) electrons. The number of carbonyl (C=O) groups excluding carboxylic acids is 3. The third-order valence-corrected chi connectivity index (χ3v) is 6.12. The molecule has 0 aromatic heterocycles. The number of nitrogens with zero attached hydrogens (tertiary/aromatic N) is 2. The van der Waals surface area contributed by atoms with Gasteiger partial charge in [0.15, 0.2) is 0 Å². The van der Waals surface area contributed by atoms with E-state index in [9.17, 15) is 14.4 Å². The zero-order valence-corrected chi connectivity index (χ0v) is 16.6. The standard InChI is InChI=1S/C20H27N3O4/c1-6-20(19(26)27-5)15-14(17(24)23(7-2)18(15)25)16(21-20)12-8-10-13(11-9-12)22(3)4/h8-11,14-16,21H,6-7H2,1-5H3/p+1/t14-,15+,16-,20+/m0/s1. The Labute approximate surface area is 159 Å². The second kappa shape index (κ2) is 6.96. The van der Waals surface area contributed by atoms with Gasteiger partial charge in [-0.1, -0.05) is 19.1 Å². The zero-order valence-electron chi connectivity index (χ0n) is 16.6. The lowest BCUT2D eigenvalue weighted by atomic mass is 9.78. The zero-order chi connectivity index (χ0) is 19.9. The Morgan fingerprint density at radius 1 is 1.19 bits per heavy atom. The maximum Gasteiger partial charge on any atom is 0.368 e. The predicted molar refractivity (Wildman–Crippen MR) is 99.8 cm³/mol. The largest absolute Gasteiger partial charge is 0.464 e. The molecule has 0 saturated carbocycles. The van der Waals surface area contributed by atoms with Crippen molar-refractivity contribution in [2.24, 2.45) is 11.8 Å². The number of carbonyl (C=O) groups is 3. The van der Waals surface area contributed by atoms with Crippen molar-refractivity contribution in [2.45, 2.75) is 31.8 Å². The smallest absolute Gasteiger partial charge is 0.368 e. The van der Waals surface area contributed by atoms with Crippen molar-refractivity contribution in [3.63, 3.8) is 0 Å². The van der Waals surface area contributed by atoms with Crippen molar-refractivity contribution >= 4 is 23.5 Å². The van der Waals surface area contributed by atoms with Gasteiger partial charge in [-0.05, 0) is 19.1 Å². The van der Waals surface area contributed by atoms with Crippen LogP contribution in [0.25, 0.3) is 0 Å². The number of fused-ring (bicyclic) bond motifs is 1. The molecule has 146 valence electrons. The molecule has 2 heterocycles.